The lowest BCUT2D eigenvalue weighted by atomic mass is 9.89. The van der Waals surface area contributed by atoms with Crippen LogP contribution in [0.1, 0.15) is 40.1 Å². The summed E-state index contributed by atoms with van der Waals surface area (Å²) in [6.45, 7) is 4.07. The highest BCUT2D eigenvalue weighted by Gasteiger charge is 2.40. The van der Waals surface area contributed by atoms with Crippen molar-refractivity contribution in [1.29, 1.82) is 0 Å². The van der Waals surface area contributed by atoms with Crippen molar-refractivity contribution in [1.82, 2.24) is 25.0 Å². The highest BCUT2D eigenvalue weighted by Crippen LogP contribution is 2.38. The number of nitrogens with zero attached hydrogens (tertiary/aromatic N) is 4. The number of hydrogen-bond donors (Lipinski definition) is 1. The number of nitrogens with one attached hydrogen (secondary N) is 1. The molecule has 0 saturated carbocycles. The highest BCUT2D eigenvalue weighted by atomic mass is 16.3. The minimum atomic E-state index is -0.161. The molecule has 28 heavy (non-hydrogen) atoms. The second-order valence-corrected chi connectivity index (χ2v) is 7.63. The molecule has 4 heterocycles. The van der Waals surface area contributed by atoms with Gasteiger partial charge in [-0.2, -0.15) is 0 Å². The van der Waals surface area contributed by atoms with E-state index < -0.39 is 0 Å². The van der Waals surface area contributed by atoms with Gasteiger partial charge in [0.15, 0.2) is 0 Å². The van der Waals surface area contributed by atoms with Crippen LogP contribution in [-0.2, 0) is 19.6 Å². The first kappa shape index (κ1) is 17.2. The second-order valence-electron chi connectivity index (χ2n) is 7.63. The van der Waals surface area contributed by atoms with E-state index in [0.717, 1.165) is 49.7 Å². The minimum absolute atomic E-state index is 0.161. The molecule has 2 aromatic heterocycles. The van der Waals surface area contributed by atoms with E-state index >= 15 is 0 Å². The number of hydrogen-bond acceptors (Lipinski definition) is 5. The maximum absolute atomic E-state index is 12.7. The molecule has 0 bridgehead atoms. The fraction of sp³-hybridized carbons (Fsp3) is 0.381. The Balaban J connectivity index is 1.28. The summed E-state index contributed by atoms with van der Waals surface area (Å²) < 4.78 is 7.50. The zero-order chi connectivity index (χ0) is 18.9. The van der Waals surface area contributed by atoms with Crippen LogP contribution in [0.15, 0.2) is 53.1 Å². The molecule has 5 rings (SSSR count). The van der Waals surface area contributed by atoms with E-state index in [4.69, 9.17) is 4.42 Å². The van der Waals surface area contributed by atoms with E-state index in [2.05, 4.69) is 20.4 Å². The van der Waals surface area contributed by atoms with E-state index in [1.807, 2.05) is 47.0 Å². The Bertz CT molecular complexity index is 951. The van der Waals surface area contributed by atoms with E-state index in [1.54, 1.807) is 6.26 Å². The highest BCUT2D eigenvalue weighted by molar-refractivity contribution is 5.90. The van der Waals surface area contributed by atoms with Crippen molar-refractivity contribution in [2.75, 3.05) is 13.1 Å². The van der Waals surface area contributed by atoms with Crippen molar-refractivity contribution < 1.29 is 9.21 Å². The van der Waals surface area contributed by atoms with Gasteiger partial charge in [0.2, 0.25) is 5.82 Å². The van der Waals surface area contributed by atoms with Crippen LogP contribution in [0.3, 0.4) is 0 Å². The molecule has 7 nitrogen and oxygen atoms in total. The summed E-state index contributed by atoms with van der Waals surface area (Å²) in [4.78, 5) is 15.1. The van der Waals surface area contributed by atoms with Gasteiger partial charge in [-0.25, -0.2) is 0 Å². The van der Waals surface area contributed by atoms with Gasteiger partial charge in [0.05, 0.1) is 12.8 Å². The van der Waals surface area contributed by atoms with Crippen LogP contribution in [0.5, 0.6) is 0 Å². The van der Waals surface area contributed by atoms with Crippen molar-refractivity contribution >= 4 is 5.91 Å². The van der Waals surface area contributed by atoms with Crippen LogP contribution >= 0.6 is 0 Å². The van der Waals surface area contributed by atoms with Crippen molar-refractivity contribution in [3.8, 4) is 0 Å². The SMILES string of the molecule is O=C(NCc1ccccc1)c1nnc2n1CCC1CN(Cc3ccco3)CC21. The van der Waals surface area contributed by atoms with Crippen LogP contribution in [-0.4, -0.2) is 38.7 Å². The van der Waals surface area contributed by atoms with Gasteiger partial charge in [-0.15, -0.1) is 10.2 Å². The number of likely N-dealkylation sites (tertiary alicyclic amines) is 1. The van der Waals surface area contributed by atoms with E-state index in [9.17, 15) is 4.79 Å². The number of carbonyl (C=O) groups is 1. The molecule has 2 aliphatic heterocycles. The summed E-state index contributed by atoms with van der Waals surface area (Å²) in [6, 6.07) is 13.8. The molecule has 2 atom stereocenters. The first-order valence-electron chi connectivity index (χ1n) is 9.78. The molecule has 2 unspecified atom stereocenters. The molecule has 0 spiro atoms. The number of fused-ring (bicyclic) bond motifs is 3. The first-order chi connectivity index (χ1) is 13.8. The van der Waals surface area contributed by atoms with Gasteiger partial charge in [0.25, 0.3) is 5.91 Å². The normalized spacial score (nSPS) is 21.3. The third-order valence-corrected chi connectivity index (χ3v) is 5.81. The van der Waals surface area contributed by atoms with Crippen LogP contribution in [0.25, 0.3) is 0 Å². The van der Waals surface area contributed by atoms with Crippen molar-refractivity contribution in [3.05, 3.63) is 71.7 Å². The van der Waals surface area contributed by atoms with Gasteiger partial charge in [0.1, 0.15) is 11.6 Å². The fourth-order valence-corrected chi connectivity index (χ4v) is 4.43. The summed E-state index contributed by atoms with van der Waals surface area (Å²) in [6.07, 6.45) is 2.76. The zero-order valence-corrected chi connectivity index (χ0v) is 15.6. The summed E-state index contributed by atoms with van der Waals surface area (Å²) in [5.74, 6) is 3.09. The maximum Gasteiger partial charge on any atom is 0.289 e. The van der Waals surface area contributed by atoms with E-state index in [-0.39, 0.29) is 5.91 Å². The second kappa shape index (κ2) is 7.24. The van der Waals surface area contributed by atoms with Gasteiger partial charge < -0.3 is 14.3 Å². The molecule has 1 aromatic carbocycles. The average molecular weight is 377 g/mol. The number of carbonyl (C=O) groups excluding carboxylic acids is 1. The minimum Gasteiger partial charge on any atom is -0.468 e. The molecule has 1 fully saturated rings. The maximum atomic E-state index is 12.7. The smallest absolute Gasteiger partial charge is 0.289 e. The van der Waals surface area contributed by atoms with E-state index in [0.29, 0.717) is 24.2 Å². The largest absolute Gasteiger partial charge is 0.468 e. The van der Waals surface area contributed by atoms with Crippen LogP contribution in [0.2, 0.25) is 0 Å². The molecule has 2 aliphatic rings. The number of furan rings is 1. The Hall–Kier alpha value is -2.93. The molecule has 1 amide bonds. The Labute approximate surface area is 163 Å². The monoisotopic (exact) mass is 377 g/mol. The van der Waals surface area contributed by atoms with Crippen LogP contribution in [0, 0.1) is 5.92 Å². The lowest BCUT2D eigenvalue weighted by Gasteiger charge is -2.25. The van der Waals surface area contributed by atoms with Gasteiger partial charge in [0, 0.05) is 32.1 Å². The Morgan fingerprint density at radius 1 is 1.14 bits per heavy atom. The molecule has 0 radical (unpaired) electrons. The van der Waals surface area contributed by atoms with Gasteiger partial charge >= 0.3 is 0 Å². The topological polar surface area (TPSA) is 76.2 Å². The summed E-state index contributed by atoms with van der Waals surface area (Å²) in [7, 11) is 0. The summed E-state index contributed by atoms with van der Waals surface area (Å²) in [5.41, 5.74) is 1.07. The number of rotatable bonds is 5. The molecular formula is C21H23N5O2. The molecule has 1 N–H and O–H groups in total. The zero-order valence-electron chi connectivity index (χ0n) is 15.6. The molecule has 7 heteroatoms. The molecule has 144 valence electrons. The first-order valence-corrected chi connectivity index (χ1v) is 9.78. The van der Waals surface area contributed by atoms with Gasteiger partial charge in [-0.3, -0.25) is 9.69 Å². The Morgan fingerprint density at radius 3 is 2.86 bits per heavy atom. The third kappa shape index (κ3) is 3.22. The quantitative estimate of drug-likeness (QED) is 0.739. The third-order valence-electron chi connectivity index (χ3n) is 5.81. The summed E-state index contributed by atoms with van der Waals surface area (Å²) in [5, 5.41) is 11.6. The Kier molecular flexibility index (Phi) is 4.44. The van der Waals surface area contributed by atoms with E-state index in [1.165, 1.54) is 0 Å². The van der Waals surface area contributed by atoms with Crippen molar-refractivity contribution in [3.63, 3.8) is 0 Å². The summed E-state index contributed by atoms with van der Waals surface area (Å²) >= 11 is 0. The van der Waals surface area contributed by atoms with Crippen molar-refractivity contribution in [2.45, 2.75) is 32.0 Å². The predicted molar refractivity (Wildman–Crippen MR) is 102 cm³/mol. The predicted octanol–water partition coefficient (Wildman–Crippen LogP) is 2.42. The number of aromatic nitrogens is 3. The Morgan fingerprint density at radius 2 is 2.04 bits per heavy atom. The molecule has 3 aromatic rings. The number of amides is 1. The van der Waals surface area contributed by atoms with Gasteiger partial charge in [-0.05, 0) is 30.0 Å². The lowest BCUT2D eigenvalue weighted by Crippen LogP contribution is -2.30. The van der Waals surface area contributed by atoms with Gasteiger partial charge in [-0.1, -0.05) is 30.3 Å². The molecule has 1 saturated heterocycles. The molecule has 0 aliphatic carbocycles. The standard InChI is InChI=1S/C21H23N5O2/c27-21(22-11-15-5-2-1-3-6-15)20-24-23-19-18-14-25(13-17-7-4-10-28-17)12-16(18)8-9-26(19)20/h1-7,10,16,18H,8-9,11-14H2,(H,22,27). The van der Waals surface area contributed by atoms with Crippen molar-refractivity contribution in [2.24, 2.45) is 5.92 Å². The fourth-order valence-electron chi connectivity index (χ4n) is 4.43. The van der Waals surface area contributed by atoms with Crippen LogP contribution in [0.4, 0.5) is 0 Å². The van der Waals surface area contributed by atoms with Crippen LogP contribution < -0.4 is 5.32 Å². The average Bonchev–Trinajstić information content (AvgIpc) is 3.45. The molecular weight excluding hydrogens is 354 g/mol. The lowest BCUT2D eigenvalue weighted by molar-refractivity contribution is 0.0933. The number of benzene rings is 1.